The van der Waals surface area contributed by atoms with Crippen LogP contribution in [0.25, 0.3) is 5.69 Å². The summed E-state index contributed by atoms with van der Waals surface area (Å²) in [5.74, 6) is 1.77. The van der Waals surface area contributed by atoms with Gasteiger partial charge in [0.2, 0.25) is 0 Å². The molecule has 0 saturated heterocycles. The van der Waals surface area contributed by atoms with Crippen molar-refractivity contribution >= 4 is 6.47 Å². The van der Waals surface area contributed by atoms with Crippen LogP contribution in [0.5, 0.6) is 11.5 Å². The van der Waals surface area contributed by atoms with Crippen molar-refractivity contribution in [2.24, 2.45) is 0 Å². The maximum absolute atomic E-state index is 12.9. The maximum atomic E-state index is 12.9. The summed E-state index contributed by atoms with van der Waals surface area (Å²) >= 11 is 0. The Balaban J connectivity index is 0.00000153. The zero-order valence-corrected chi connectivity index (χ0v) is 21.9. The van der Waals surface area contributed by atoms with E-state index < -0.39 is 11.7 Å². The number of hydrogen-bond donors (Lipinski definition) is 1. The number of aryl methyl sites for hydroxylation is 1. The first-order chi connectivity index (χ1) is 17.4. The second kappa shape index (κ2) is 13.2. The Morgan fingerprint density at radius 3 is 2.11 bits per heavy atom. The van der Waals surface area contributed by atoms with Gasteiger partial charge in [0.1, 0.15) is 17.1 Å². The van der Waals surface area contributed by atoms with Gasteiger partial charge in [-0.15, -0.1) is 0 Å². The van der Waals surface area contributed by atoms with Gasteiger partial charge in [0.15, 0.2) is 0 Å². The summed E-state index contributed by atoms with van der Waals surface area (Å²) < 4.78 is 52.1. The molecule has 1 unspecified atom stereocenters. The highest BCUT2D eigenvalue weighted by molar-refractivity contribution is 5.37. The fourth-order valence-corrected chi connectivity index (χ4v) is 3.67. The first kappa shape index (κ1) is 29.7. The minimum Gasteiger partial charge on any atom is -0.494 e. The largest absolute Gasteiger partial charge is 0.494 e. The zero-order chi connectivity index (χ0) is 27.6. The Bertz CT molecular complexity index is 1100. The second-order valence-electron chi connectivity index (χ2n) is 9.60. The Morgan fingerprint density at radius 1 is 1.03 bits per heavy atom. The first-order valence-electron chi connectivity index (χ1n) is 12.1. The van der Waals surface area contributed by atoms with Crippen LogP contribution in [0.15, 0.2) is 54.7 Å². The molecule has 0 aliphatic carbocycles. The molecule has 9 heteroatoms. The molecule has 1 N–H and O–H groups in total. The van der Waals surface area contributed by atoms with Gasteiger partial charge in [0.25, 0.3) is 6.47 Å². The monoisotopic (exact) mass is 520 g/mol. The molecule has 0 spiro atoms. The van der Waals surface area contributed by atoms with Crippen molar-refractivity contribution in [1.29, 1.82) is 0 Å². The standard InChI is InChI=1S/C27H33F3N2O2.CH2O2/c1-6-7-25-24(18-32(31-25)21-10-8-20(9-11-21)27(28,29)30)19(2)16-17-33-22-12-14-23(15-13-22)34-26(3,4)5;2-1-3/h8-15,18-19H,6-7,16-17H2,1-5H3;1H,(H,2,3). The molecule has 2 aromatic carbocycles. The van der Waals surface area contributed by atoms with E-state index in [9.17, 15) is 13.2 Å². The number of carbonyl (C=O) groups is 1. The fourth-order valence-electron chi connectivity index (χ4n) is 3.67. The molecule has 202 valence electrons. The van der Waals surface area contributed by atoms with E-state index in [0.29, 0.717) is 12.3 Å². The van der Waals surface area contributed by atoms with Gasteiger partial charge >= 0.3 is 6.18 Å². The molecule has 0 aliphatic rings. The fraction of sp³-hybridized carbons (Fsp3) is 0.429. The lowest BCUT2D eigenvalue weighted by atomic mass is 9.97. The number of hydrogen-bond acceptors (Lipinski definition) is 4. The van der Waals surface area contributed by atoms with Crippen molar-refractivity contribution < 1.29 is 32.5 Å². The summed E-state index contributed by atoms with van der Waals surface area (Å²) in [4.78, 5) is 8.36. The predicted octanol–water partition coefficient (Wildman–Crippen LogP) is 7.29. The van der Waals surface area contributed by atoms with Crippen LogP contribution in [0, 0.1) is 0 Å². The van der Waals surface area contributed by atoms with E-state index in [-0.39, 0.29) is 18.0 Å². The van der Waals surface area contributed by atoms with Gasteiger partial charge in [0.05, 0.1) is 23.6 Å². The molecule has 1 aromatic heterocycles. The summed E-state index contributed by atoms with van der Waals surface area (Å²) in [5.41, 5.74) is 1.76. The molecule has 0 saturated carbocycles. The second-order valence-corrected chi connectivity index (χ2v) is 9.60. The summed E-state index contributed by atoms with van der Waals surface area (Å²) in [7, 11) is 0. The van der Waals surface area contributed by atoms with E-state index in [1.54, 1.807) is 4.68 Å². The molecule has 0 bridgehead atoms. The topological polar surface area (TPSA) is 73.6 Å². The third-order valence-electron chi connectivity index (χ3n) is 5.37. The van der Waals surface area contributed by atoms with Crippen LogP contribution in [0.3, 0.4) is 0 Å². The summed E-state index contributed by atoms with van der Waals surface area (Å²) in [6, 6.07) is 12.7. The normalized spacial score (nSPS) is 12.3. The predicted molar refractivity (Wildman–Crippen MR) is 137 cm³/mol. The quantitative estimate of drug-likeness (QED) is 0.300. The summed E-state index contributed by atoms with van der Waals surface area (Å²) in [6.07, 6.45) is 0.106. The molecule has 0 amide bonds. The van der Waals surface area contributed by atoms with Gasteiger partial charge in [-0.05, 0) is 93.6 Å². The van der Waals surface area contributed by atoms with Crippen LogP contribution in [-0.4, -0.2) is 33.6 Å². The molecule has 0 radical (unpaired) electrons. The average Bonchev–Trinajstić information content (AvgIpc) is 3.23. The third-order valence-corrected chi connectivity index (χ3v) is 5.37. The van der Waals surface area contributed by atoms with Gasteiger partial charge in [-0.25, -0.2) is 4.68 Å². The molecular formula is C28H35F3N2O4. The van der Waals surface area contributed by atoms with Crippen LogP contribution < -0.4 is 9.47 Å². The highest BCUT2D eigenvalue weighted by Crippen LogP contribution is 2.30. The van der Waals surface area contributed by atoms with Crippen molar-refractivity contribution in [3.8, 4) is 17.2 Å². The molecular weight excluding hydrogens is 485 g/mol. The van der Waals surface area contributed by atoms with Crippen molar-refractivity contribution in [3.63, 3.8) is 0 Å². The SMILES string of the molecule is CCCc1nn(-c2ccc(C(F)(F)F)cc2)cc1C(C)CCOc1ccc(OC(C)(C)C)cc1.O=CO. The third kappa shape index (κ3) is 9.48. The Labute approximate surface area is 216 Å². The van der Waals surface area contributed by atoms with Crippen LogP contribution in [-0.2, 0) is 17.4 Å². The maximum Gasteiger partial charge on any atom is 0.416 e. The average molecular weight is 521 g/mol. The lowest BCUT2D eigenvalue weighted by Crippen LogP contribution is -2.22. The number of ether oxygens (including phenoxy) is 2. The van der Waals surface area contributed by atoms with Crippen molar-refractivity contribution in [2.75, 3.05) is 6.61 Å². The lowest BCUT2D eigenvalue weighted by Gasteiger charge is -2.21. The van der Waals surface area contributed by atoms with E-state index >= 15 is 0 Å². The number of benzene rings is 2. The van der Waals surface area contributed by atoms with Gasteiger partial charge < -0.3 is 14.6 Å². The Morgan fingerprint density at radius 2 is 1.59 bits per heavy atom. The van der Waals surface area contributed by atoms with E-state index in [2.05, 4.69) is 18.9 Å². The molecule has 37 heavy (non-hydrogen) atoms. The highest BCUT2D eigenvalue weighted by Gasteiger charge is 2.30. The smallest absolute Gasteiger partial charge is 0.416 e. The van der Waals surface area contributed by atoms with Crippen molar-refractivity contribution in [3.05, 3.63) is 71.5 Å². The molecule has 1 heterocycles. The number of halogens is 3. The number of aromatic nitrogens is 2. The molecule has 0 fully saturated rings. The van der Waals surface area contributed by atoms with Crippen molar-refractivity contribution in [2.45, 2.75) is 71.6 Å². The minimum absolute atomic E-state index is 0.188. The lowest BCUT2D eigenvalue weighted by molar-refractivity contribution is -0.137. The van der Waals surface area contributed by atoms with Crippen LogP contribution in [0.1, 0.15) is 70.2 Å². The number of nitrogens with zero attached hydrogens (tertiary/aromatic N) is 2. The first-order valence-corrected chi connectivity index (χ1v) is 12.1. The van der Waals surface area contributed by atoms with E-state index in [0.717, 1.165) is 54.2 Å². The molecule has 1 atom stereocenters. The van der Waals surface area contributed by atoms with Crippen LogP contribution in [0.4, 0.5) is 13.2 Å². The summed E-state index contributed by atoms with van der Waals surface area (Å²) in [6.45, 7) is 10.5. The molecule has 3 aromatic rings. The van der Waals surface area contributed by atoms with Crippen LogP contribution >= 0.6 is 0 Å². The van der Waals surface area contributed by atoms with E-state index in [1.807, 2.05) is 51.2 Å². The number of carboxylic acid groups (broad SMARTS) is 1. The van der Waals surface area contributed by atoms with Gasteiger partial charge in [-0.3, -0.25) is 4.79 Å². The molecule has 6 nitrogen and oxygen atoms in total. The van der Waals surface area contributed by atoms with E-state index in [1.165, 1.54) is 12.1 Å². The molecule has 3 rings (SSSR count). The number of rotatable bonds is 9. The van der Waals surface area contributed by atoms with Crippen LogP contribution in [0.2, 0.25) is 0 Å². The van der Waals surface area contributed by atoms with Gasteiger partial charge in [-0.2, -0.15) is 18.3 Å². The zero-order valence-electron chi connectivity index (χ0n) is 21.9. The van der Waals surface area contributed by atoms with Crippen molar-refractivity contribution in [1.82, 2.24) is 9.78 Å². The number of alkyl halides is 3. The van der Waals surface area contributed by atoms with E-state index in [4.69, 9.17) is 19.4 Å². The highest BCUT2D eigenvalue weighted by atomic mass is 19.4. The summed E-state index contributed by atoms with van der Waals surface area (Å²) in [5, 5.41) is 11.6. The minimum atomic E-state index is -4.35. The van der Waals surface area contributed by atoms with Gasteiger partial charge in [0, 0.05) is 6.20 Å². The Kier molecular flexibility index (Phi) is 10.6. The Hall–Kier alpha value is -3.49. The van der Waals surface area contributed by atoms with Gasteiger partial charge in [-0.1, -0.05) is 20.3 Å². The molecule has 0 aliphatic heterocycles.